The van der Waals surface area contributed by atoms with Gasteiger partial charge in [-0.25, -0.2) is 4.79 Å². The second-order valence-corrected chi connectivity index (χ2v) is 6.68. The number of methoxy groups -OCH3 is 1. The SMILES string of the molecule is CCOC(CN(Cc1ccc(OC)cc1)C(=O)C(C)NC(=O)CCNC(=O)O)OCC. The van der Waals surface area contributed by atoms with E-state index < -0.39 is 24.3 Å². The molecule has 1 rings (SSSR count). The molecule has 0 aliphatic heterocycles. The van der Waals surface area contributed by atoms with E-state index in [-0.39, 0.29) is 25.4 Å². The zero-order chi connectivity index (χ0) is 23.2. The highest BCUT2D eigenvalue weighted by Crippen LogP contribution is 2.15. The molecule has 0 saturated heterocycles. The number of carbonyl (C=O) groups excluding carboxylic acids is 2. The van der Waals surface area contributed by atoms with E-state index in [0.717, 1.165) is 5.56 Å². The van der Waals surface area contributed by atoms with Crippen LogP contribution in [0.4, 0.5) is 4.79 Å². The normalized spacial score (nSPS) is 11.6. The average molecular weight is 440 g/mol. The van der Waals surface area contributed by atoms with Crippen LogP contribution in [0.25, 0.3) is 0 Å². The first-order valence-electron chi connectivity index (χ1n) is 10.2. The molecule has 10 heteroatoms. The number of benzene rings is 1. The Kier molecular flexibility index (Phi) is 12.0. The summed E-state index contributed by atoms with van der Waals surface area (Å²) < 4.78 is 16.3. The first kappa shape index (κ1) is 26.2. The summed E-state index contributed by atoms with van der Waals surface area (Å²) in [4.78, 5) is 37.2. The molecule has 31 heavy (non-hydrogen) atoms. The molecule has 3 amide bonds. The fourth-order valence-electron chi connectivity index (χ4n) is 2.82. The molecule has 10 nitrogen and oxygen atoms in total. The Hall–Kier alpha value is -2.85. The van der Waals surface area contributed by atoms with Crippen molar-refractivity contribution < 1.29 is 33.7 Å². The number of rotatable bonds is 14. The van der Waals surface area contributed by atoms with E-state index in [4.69, 9.17) is 19.3 Å². The first-order chi connectivity index (χ1) is 14.8. The molecule has 0 spiro atoms. The van der Waals surface area contributed by atoms with Gasteiger partial charge < -0.3 is 34.9 Å². The average Bonchev–Trinajstić information content (AvgIpc) is 2.73. The highest BCUT2D eigenvalue weighted by atomic mass is 16.7. The van der Waals surface area contributed by atoms with E-state index in [0.29, 0.717) is 25.5 Å². The van der Waals surface area contributed by atoms with Crippen LogP contribution in [0, 0.1) is 0 Å². The van der Waals surface area contributed by atoms with E-state index in [1.54, 1.807) is 31.1 Å². The van der Waals surface area contributed by atoms with Gasteiger partial charge in [-0.15, -0.1) is 0 Å². The molecule has 1 unspecified atom stereocenters. The van der Waals surface area contributed by atoms with Crippen molar-refractivity contribution in [3.8, 4) is 5.75 Å². The number of amides is 3. The predicted octanol–water partition coefficient (Wildman–Crippen LogP) is 1.59. The Morgan fingerprint density at radius 1 is 1.10 bits per heavy atom. The molecule has 0 aliphatic carbocycles. The van der Waals surface area contributed by atoms with Crippen molar-refractivity contribution in [1.29, 1.82) is 0 Å². The van der Waals surface area contributed by atoms with Gasteiger partial charge in [-0.1, -0.05) is 12.1 Å². The van der Waals surface area contributed by atoms with Crippen molar-refractivity contribution in [3.05, 3.63) is 29.8 Å². The zero-order valence-corrected chi connectivity index (χ0v) is 18.6. The van der Waals surface area contributed by atoms with Gasteiger partial charge in [0.25, 0.3) is 0 Å². The smallest absolute Gasteiger partial charge is 0.404 e. The number of hydrogen-bond donors (Lipinski definition) is 3. The Morgan fingerprint density at radius 3 is 2.23 bits per heavy atom. The van der Waals surface area contributed by atoms with Crippen molar-refractivity contribution in [1.82, 2.24) is 15.5 Å². The van der Waals surface area contributed by atoms with Crippen molar-refractivity contribution >= 4 is 17.9 Å². The van der Waals surface area contributed by atoms with E-state index in [1.165, 1.54) is 0 Å². The third-order valence-corrected chi connectivity index (χ3v) is 4.29. The topological polar surface area (TPSA) is 126 Å². The number of nitrogens with one attached hydrogen (secondary N) is 2. The highest BCUT2D eigenvalue weighted by molar-refractivity contribution is 5.87. The lowest BCUT2D eigenvalue weighted by Gasteiger charge is -2.30. The lowest BCUT2D eigenvalue weighted by Crippen LogP contribution is -2.49. The van der Waals surface area contributed by atoms with Crippen molar-refractivity contribution in [3.63, 3.8) is 0 Å². The largest absolute Gasteiger partial charge is 0.497 e. The van der Waals surface area contributed by atoms with Gasteiger partial charge in [-0.2, -0.15) is 0 Å². The summed E-state index contributed by atoms with van der Waals surface area (Å²) in [5.41, 5.74) is 0.880. The molecule has 1 aromatic carbocycles. The molecule has 1 atom stereocenters. The van der Waals surface area contributed by atoms with Crippen LogP contribution < -0.4 is 15.4 Å². The monoisotopic (exact) mass is 439 g/mol. The molecule has 0 bridgehead atoms. The number of hydrogen-bond acceptors (Lipinski definition) is 6. The number of nitrogens with zero attached hydrogens (tertiary/aromatic N) is 1. The number of carboxylic acid groups (broad SMARTS) is 1. The third-order valence-electron chi connectivity index (χ3n) is 4.29. The van der Waals surface area contributed by atoms with Gasteiger partial charge in [0.2, 0.25) is 11.8 Å². The van der Waals surface area contributed by atoms with Gasteiger partial charge in [0, 0.05) is 32.7 Å². The fraction of sp³-hybridized carbons (Fsp3) is 0.571. The lowest BCUT2D eigenvalue weighted by atomic mass is 10.1. The highest BCUT2D eigenvalue weighted by Gasteiger charge is 2.25. The van der Waals surface area contributed by atoms with Gasteiger partial charge >= 0.3 is 6.09 Å². The Bertz CT molecular complexity index is 691. The van der Waals surface area contributed by atoms with Crippen molar-refractivity contribution in [2.75, 3.05) is 33.4 Å². The Labute approximate surface area is 182 Å². The minimum absolute atomic E-state index is 0.0333. The van der Waals surface area contributed by atoms with E-state index in [2.05, 4.69) is 10.6 Å². The quantitative estimate of drug-likeness (QED) is 0.376. The summed E-state index contributed by atoms with van der Waals surface area (Å²) >= 11 is 0. The maximum atomic E-state index is 13.1. The van der Waals surface area contributed by atoms with Crippen LogP contribution >= 0.6 is 0 Å². The van der Waals surface area contributed by atoms with E-state index in [1.807, 2.05) is 26.0 Å². The van der Waals surface area contributed by atoms with Gasteiger partial charge in [0.05, 0.1) is 13.7 Å². The Balaban J connectivity index is 2.86. The second-order valence-electron chi connectivity index (χ2n) is 6.68. The summed E-state index contributed by atoms with van der Waals surface area (Å²) in [6.07, 6.45) is -1.87. The summed E-state index contributed by atoms with van der Waals surface area (Å²) in [6.45, 7) is 6.58. The maximum Gasteiger partial charge on any atom is 0.404 e. The Morgan fingerprint density at radius 2 is 1.71 bits per heavy atom. The molecule has 174 valence electrons. The van der Waals surface area contributed by atoms with Gasteiger partial charge in [-0.3, -0.25) is 9.59 Å². The summed E-state index contributed by atoms with van der Waals surface area (Å²) in [5.74, 6) is -0.0244. The van der Waals surface area contributed by atoms with Gasteiger partial charge in [0.1, 0.15) is 11.8 Å². The molecule has 0 radical (unpaired) electrons. The maximum absolute atomic E-state index is 13.1. The van der Waals surface area contributed by atoms with Gasteiger partial charge in [0.15, 0.2) is 6.29 Å². The molecule has 0 aromatic heterocycles. The first-order valence-corrected chi connectivity index (χ1v) is 10.2. The lowest BCUT2D eigenvalue weighted by molar-refractivity contribution is -0.161. The van der Waals surface area contributed by atoms with Gasteiger partial charge in [-0.05, 0) is 38.5 Å². The van der Waals surface area contributed by atoms with Crippen LogP contribution in [0.3, 0.4) is 0 Å². The molecular formula is C21H33N3O7. The van der Waals surface area contributed by atoms with Crippen LogP contribution in [-0.4, -0.2) is 73.7 Å². The van der Waals surface area contributed by atoms with E-state index >= 15 is 0 Å². The minimum atomic E-state index is -1.21. The molecule has 3 N–H and O–H groups in total. The molecule has 0 aliphatic rings. The van der Waals surface area contributed by atoms with Crippen LogP contribution in [0.5, 0.6) is 5.75 Å². The third kappa shape index (κ3) is 10.1. The predicted molar refractivity (Wildman–Crippen MR) is 114 cm³/mol. The van der Waals surface area contributed by atoms with Crippen LogP contribution in [0.1, 0.15) is 32.8 Å². The summed E-state index contributed by atoms with van der Waals surface area (Å²) in [5, 5.41) is 13.3. The molecule has 1 aromatic rings. The number of ether oxygens (including phenoxy) is 3. The zero-order valence-electron chi connectivity index (χ0n) is 18.6. The van der Waals surface area contributed by atoms with Crippen LogP contribution in [0.15, 0.2) is 24.3 Å². The summed E-state index contributed by atoms with van der Waals surface area (Å²) in [6, 6.07) is 6.52. The minimum Gasteiger partial charge on any atom is -0.497 e. The van der Waals surface area contributed by atoms with Crippen molar-refractivity contribution in [2.24, 2.45) is 0 Å². The molecular weight excluding hydrogens is 406 g/mol. The van der Waals surface area contributed by atoms with E-state index in [9.17, 15) is 14.4 Å². The van der Waals surface area contributed by atoms with Crippen LogP contribution in [-0.2, 0) is 25.6 Å². The van der Waals surface area contributed by atoms with Crippen LogP contribution in [0.2, 0.25) is 0 Å². The molecule has 0 fully saturated rings. The molecule has 0 heterocycles. The summed E-state index contributed by atoms with van der Waals surface area (Å²) in [7, 11) is 1.58. The number of carbonyl (C=O) groups is 3. The standard InChI is InChI=1S/C21H33N3O7/c1-5-30-19(31-6-2)14-24(13-16-7-9-17(29-4)10-8-16)20(26)15(3)23-18(25)11-12-22-21(27)28/h7-10,15,19,22H,5-6,11-14H2,1-4H3,(H,23,25)(H,27,28). The van der Waals surface area contributed by atoms with Crippen molar-refractivity contribution in [2.45, 2.75) is 46.1 Å². The fourth-order valence-corrected chi connectivity index (χ4v) is 2.82. The second kappa shape index (κ2) is 14.2. The molecule has 0 saturated carbocycles.